The lowest BCUT2D eigenvalue weighted by Gasteiger charge is -2.17. The predicted molar refractivity (Wildman–Crippen MR) is 58.8 cm³/mol. The molecule has 0 saturated heterocycles. The Balaban J connectivity index is 3.88. The van der Waals surface area contributed by atoms with Gasteiger partial charge < -0.3 is 16.8 Å². The van der Waals surface area contributed by atoms with Crippen molar-refractivity contribution in [3.63, 3.8) is 0 Å². The van der Waals surface area contributed by atoms with Crippen molar-refractivity contribution < 1.29 is 9.59 Å². The highest BCUT2D eigenvalue weighted by molar-refractivity contribution is 5.87. The van der Waals surface area contributed by atoms with Crippen LogP contribution in [0.2, 0.25) is 0 Å². The summed E-state index contributed by atoms with van der Waals surface area (Å²) in [5.41, 5.74) is 10.4. The zero-order valence-electron chi connectivity index (χ0n) is 9.62. The van der Waals surface area contributed by atoms with Crippen LogP contribution < -0.4 is 16.8 Å². The zero-order valence-corrected chi connectivity index (χ0v) is 9.62. The number of hydrogen-bond acceptors (Lipinski definition) is 3. The Hall–Kier alpha value is -1.10. The van der Waals surface area contributed by atoms with Gasteiger partial charge in [-0.3, -0.25) is 9.59 Å². The topological polar surface area (TPSA) is 98.2 Å². The molecule has 0 aromatic carbocycles. The summed E-state index contributed by atoms with van der Waals surface area (Å²) in [6.45, 7) is 6.79. The maximum atomic E-state index is 11.4. The number of primary amides is 1. The van der Waals surface area contributed by atoms with E-state index in [1.54, 1.807) is 0 Å². The highest BCUT2D eigenvalue weighted by atomic mass is 16.2. The Morgan fingerprint density at radius 3 is 2.20 bits per heavy atom. The maximum Gasteiger partial charge on any atom is 0.237 e. The van der Waals surface area contributed by atoms with E-state index in [-0.39, 0.29) is 12.3 Å². The fourth-order valence-corrected chi connectivity index (χ4v) is 0.938. The average molecular weight is 215 g/mol. The molecule has 88 valence electrons. The second-order valence-corrected chi connectivity index (χ2v) is 4.24. The van der Waals surface area contributed by atoms with Crippen molar-refractivity contribution in [3.05, 3.63) is 0 Å². The fraction of sp³-hybridized carbons (Fsp3) is 0.800. The average Bonchev–Trinajstić information content (AvgIpc) is 2.12. The first-order chi connectivity index (χ1) is 6.84. The van der Waals surface area contributed by atoms with Gasteiger partial charge in [0.05, 0.1) is 12.5 Å². The molecule has 5 N–H and O–H groups in total. The van der Waals surface area contributed by atoms with Gasteiger partial charge in [-0.2, -0.15) is 0 Å². The Labute approximate surface area is 90.6 Å². The quantitative estimate of drug-likeness (QED) is 0.562. The normalized spacial score (nSPS) is 14.7. The summed E-state index contributed by atoms with van der Waals surface area (Å²) in [5, 5.41) is 2.70. The SMILES string of the molecule is CC(C)C(C)CNC(=O)C(N)CC(N)=O. The van der Waals surface area contributed by atoms with Crippen LogP contribution in [0.5, 0.6) is 0 Å². The highest BCUT2D eigenvalue weighted by Crippen LogP contribution is 2.07. The minimum atomic E-state index is -0.832. The summed E-state index contributed by atoms with van der Waals surface area (Å²) in [4.78, 5) is 21.9. The van der Waals surface area contributed by atoms with E-state index < -0.39 is 11.9 Å². The molecule has 0 spiro atoms. The standard InChI is InChI=1S/C10H21N3O2/c1-6(2)7(3)5-13-10(15)8(11)4-9(12)14/h6-8H,4-5,11H2,1-3H3,(H2,12,14)(H,13,15). The van der Waals surface area contributed by atoms with Crippen molar-refractivity contribution in [2.24, 2.45) is 23.3 Å². The lowest BCUT2D eigenvalue weighted by Crippen LogP contribution is -2.44. The first-order valence-corrected chi connectivity index (χ1v) is 5.16. The molecule has 5 heteroatoms. The van der Waals surface area contributed by atoms with Gasteiger partial charge in [0, 0.05) is 6.54 Å². The molecule has 0 aliphatic heterocycles. The predicted octanol–water partition coefficient (Wildman–Crippen LogP) is -0.403. The van der Waals surface area contributed by atoms with Crippen molar-refractivity contribution >= 4 is 11.8 Å². The molecular formula is C10H21N3O2. The minimum absolute atomic E-state index is 0.109. The van der Waals surface area contributed by atoms with Crippen molar-refractivity contribution in [1.82, 2.24) is 5.32 Å². The van der Waals surface area contributed by atoms with Gasteiger partial charge in [-0.1, -0.05) is 20.8 Å². The lowest BCUT2D eigenvalue weighted by molar-refractivity contribution is -0.126. The van der Waals surface area contributed by atoms with E-state index >= 15 is 0 Å². The first-order valence-electron chi connectivity index (χ1n) is 5.16. The van der Waals surface area contributed by atoms with E-state index in [4.69, 9.17) is 11.5 Å². The number of nitrogens with one attached hydrogen (secondary N) is 1. The molecule has 0 aromatic heterocycles. The molecule has 0 heterocycles. The number of nitrogens with two attached hydrogens (primary N) is 2. The third kappa shape index (κ3) is 6.06. The van der Waals surface area contributed by atoms with Crippen LogP contribution in [-0.2, 0) is 9.59 Å². The van der Waals surface area contributed by atoms with E-state index in [2.05, 4.69) is 19.2 Å². The Kier molecular flexibility index (Phi) is 5.93. The van der Waals surface area contributed by atoms with E-state index in [1.807, 2.05) is 6.92 Å². The Morgan fingerprint density at radius 1 is 1.27 bits per heavy atom. The third-order valence-corrected chi connectivity index (χ3v) is 2.49. The Bertz CT molecular complexity index is 229. The summed E-state index contributed by atoms with van der Waals surface area (Å²) in [5.74, 6) is 0.00301. The number of hydrogen-bond donors (Lipinski definition) is 3. The van der Waals surface area contributed by atoms with Crippen molar-refractivity contribution in [2.45, 2.75) is 33.2 Å². The monoisotopic (exact) mass is 215 g/mol. The van der Waals surface area contributed by atoms with Gasteiger partial charge in [0.25, 0.3) is 0 Å². The molecule has 15 heavy (non-hydrogen) atoms. The van der Waals surface area contributed by atoms with Crippen LogP contribution >= 0.6 is 0 Å². The van der Waals surface area contributed by atoms with E-state index in [9.17, 15) is 9.59 Å². The van der Waals surface area contributed by atoms with Crippen LogP contribution in [0.1, 0.15) is 27.2 Å². The van der Waals surface area contributed by atoms with Gasteiger partial charge in [-0.15, -0.1) is 0 Å². The smallest absolute Gasteiger partial charge is 0.237 e. The van der Waals surface area contributed by atoms with Crippen molar-refractivity contribution in [3.8, 4) is 0 Å². The van der Waals surface area contributed by atoms with Gasteiger partial charge in [0.1, 0.15) is 0 Å². The molecule has 0 aliphatic carbocycles. The van der Waals surface area contributed by atoms with Crippen LogP contribution in [0.4, 0.5) is 0 Å². The van der Waals surface area contributed by atoms with Crippen LogP contribution in [0.25, 0.3) is 0 Å². The third-order valence-electron chi connectivity index (χ3n) is 2.49. The van der Waals surface area contributed by atoms with Gasteiger partial charge >= 0.3 is 0 Å². The summed E-state index contributed by atoms with van der Waals surface area (Å²) < 4.78 is 0. The van der Waals surface area contributed by atoms with Crippen LogP contribution in [-0.4, -0.2) is 24.4 Å². The molecule has 0 rings (SSSR count). The maximum absolute atomic E-state index is 11.4. The summed E-state index contributed by atoms with van der Waals surface area (Å²) >= 11 is 0. The largest absolute Gasteiger partial charge is 0.370 e. The number of carbonyl (C=O) groups excluding carboxylic acids is 2. The van der Waals surface area contributed by atoms with Crippen LogP contribution in [0, 0.1) is 11.8 Å². The molecule has 0 aliphatic rings. The molecule has 0 saturated carbocycles. The van der Waals surface area contributed by atoms with E-state index in [1.165, 1.54) is 0 Å². The number of carbonyl (C=O) groups is 2. The highest BCUT2D eigenvalue weighted by Gasteiger charge is 2.16. The van der Waals surface area contributed by atoms with Crippen molar-refractivity contribution in [1.29, 1.82) is 0 Å². The van der Waals surface area contributed by atoms with Gasteiger partial charge in [0.2, 0.25) is 11.8 Å². The van der Waals surface area contributed by atoms with Gasteiger partial charge in [-0.05, 0) is 11.8 Å². The Morgan fingerprint density at radius 2 is 1.80 bits per heavy atom. The van der Waals surface area contributed by atoms with Crippen molar-refractivity contribution in [2.75, 3.05) is 6.54 Å². The fourth-order valence-electron chi connectivity index (χ4n) is 0.938. The number of amides is 2. The second-order valence-electron chi connectivity index (χ2n) is 4.24. The van der Waals surface area contributed by atoms with E-state index in [0.29, 0.717) is 18.4 Å². The molecule has 5 nitrogen and oxygen atoms in total. The molecule has 2 atom stereocenters. The molecule has 2 amide bonds. The second kappa shape index (κ2) is 6.40. The first kappa shape index (κ1) is 13.9. The van der Waals surface area contributed by atoms with Crippen LogP contribution in [0.15, 0.2) is 0 Å². The molecule has 2 unspecified atom stereocenters. The molecular weight excluding hydrogens is 194 g/mol. The lowest BCUT2D eigenvalue weighted by atomic mass is 9.98. The van der Waals surface area contributed by atoms with Gasteiger partial charge in [-0.25, -0.2) is 0 Å². The van der Waals surface area contributed by atoms with Crippen LogP contribution in [0.3, 0.4) is 0 Å². The minimum Gasteiger partial charge on any atom is -0.370 e. The summed E-state index contributed by atoms with van der Waals surface area (Å²) in [6, 6.07) is -0.832. The summed E-state index contributed by atoms with van der Waals surface area (Å²) in [7, 11) is 0. The molecule has 0 fully saturated rings. The zero-order chi connectivity index (χ0) is 12.0. The number of rotatable bonds is 6. The van der Waals surface area contributed by atoms with Gasteiger partial charge in [0.15, 0.2) is 0 Å². The molecule has 0 aromatic rings. The molecule has 0 bridgehead atoms. The van der Waals surface area contributed by atoms with E-state index in [0.717, 1.165) is 0 Å². The summed E-state index contributed by atoms with van der Waals surface area (Å²) in [6.07, 6.45) is -0.109. The molecule has 0 radical (unpaired) electrons.